The first-order valence-electron chi connectivity index (χ1n) is 9.97. The normalized spacial score (nSPS) is 12.0. The first kappa shape index (κ1) is 31.0. The molecule has 0 radical (unpaired) electrons. The predicted octanol–water partition coefficient (Wildman–Crippen LogP) is 3.63. The maximum Gasteiger partial charge on any atom is 0.320 e. The lowest BCUT2D eigenvalue weighted by atomic mass is 10.00. The standard InChI is InChI=1S/C18H34O5Si.C3H4O4/c1-14(10-9-13-23-24(7,8)18(2,3)4)11-12-15(16(19)21-5)17(20)22-6;4-2(5)1-3(6)7/h10,15H,9,11-13H2,1-8H3;1H2,(H,4,5)(H,6,7). The fourth-order valence-electron chi connectivity index (χ4n) is 2.06. The fraction of sp³-hybridized carbons (Fsp3) is 0.714. The lowest BCUT2D eigenvalue weighted by Crippen LogP contribution is -2.40. The molecule has 0 unspecified atom stereocenters. The summed E-state index contributed by atoms with van der Waals surface area (Å²) in [6.07, 6.45) is 3.18. The van der Waals surface area contributed by atoms with E-state index in [1.165, 1.54) is 14.2 Å². The number of ether oxygens (including phenoxy) is 2. The van der Waals surface area contributed by atoms with Gasteiger partial charge in [0.05, 0.1) is 14.2 Å². The number of esters is 2. The van der Waals surface area contributed by atoms with E-state index >= 15 is 0 Å². The van der Waals surface area contributed by atoms with Gasteiger partial charge in [-0.05, 0) is 44.3 Å². The summed E-state index contributed by atoms with van der Waals surface area (Å²) in [5.74, 6) is -4.57. The van der Waals surface area contributed by atoms with Crippen molar-refractivity contribution in [1.29, 1.82) is 0 Å². The van der Waals surface area contributed by atoms with Crippen LogP contribution in [0.5, 0.6) is 0 Å². The Kier molecular flexibility index (Phi) is 14.7. The van der Waals surface area contributed by atoms with Gasteiger partial charge in [-0.2, -0.15) is 0 Å². The molecule has 0 aromatic heterocycles. The molecule has 0 spiro atoms. The van der Waals surface area contributed by atoms with Crippen LogP contribution < -0.4 is 0 Å². The van der Waals surface area contributed by atoms with E-state index in [2.05, 4.69) is 49.4 Å². The summed E-state index contributed by atoms with van der Waals surface area (Å²) in [5.41, 5.74) is 1.13. The number of aliphatic carboxylic acids is 2. The highest BCUT2D eigenvalue weighted by Crippen LogP contribution is 2.36. The van der Waals surface area contributed by atoms with Gasteiger partial charge in [0.15, 0.2) is 14.2 Å². The summed E-state index contributed by atoms with van der Waals surface area (Å²) in [5, 5.41) is 15.6. The molecule has 0 saturated carbocycles. The molecule has 0 aliphatic rings. The minimum absolute atomic E-state index is 0.208. The van der Waals surface area contributed by atoms with Gasteiger partial charge in [-0.1, -0.05) is 32.4 Å². The molecule has 10 heteroatoms. The Bertz CT molecular complexity index is 605. The van der Waals surface area contributed by atoms with Crippen LogP contribution in [-0.4, -0.2) is 63.2 Å². The molecule has 2 N–H and O–H groups in total. The Morgan fingerprint density at radius 2 is 1.42 bits per heavy atom. The molecule has 0 aromatic rings. The van der Waals surface area contributed by atoms with Gasteiger partial charge in [0.25, 0.3) is 0 Å². The molecule has 0 aromatic carbocycles. The number of carboxylic acids is 2. The van der Waals surface area contributed by atoms with Crippen molar-refractivity contribution in [3.05, 3.63) is 11.6 Å². The van der Waals surface area contributed by atoms with Crippen LogP contribution in [-0.2, 0) is 33.1 Å². The van der Waals surface area contributed by atoms with Crippen LogP contribution >= 0.6 is 0 Å². The van der Waals surface area contributed by atoms with E-state index in [4.69, 9.17) is 14.6 Å². The van der Waals surface area contributed by atoms with Gasteiger partial charge < -0.3 is 24.1 Å². The van der Waals surface area contributed by atoms with Crippen molar-refractivity contribution < 1.29 is 43.3 Å². The first-order chi connectivity index (χ1) is 14.1. The van der Waals surface area contributed by atoms with Crippen molar-refractivity contribution in [2.75, 3.05) is 20.8 Å². The molecule has 0 aliphatic heterocycles. The predicted molar refractivity (Wildman–Crippen MR) is 118 cm³/mol. The molecule has 0 saturated heterocycles. The molecule has 31 heavy (non-hydrogen) atoms. The summed E-state index contributed by atoms with van der Waals surface area (Å²) in [7, 11) is 0.849. The number of hydrogen-bond acceptors (Lipinski definition) is 7. The fourth-order valence-corrected chi connectivity index (χ4v) is 3.12. The highest BCUT2D eigenvalue weighted by molar-refractivity contribution is 6.74. The van der Waals surface area contributed by atoms with E-state index < -0.39 is 44.5 Å². The van der Waals surface area contributed by atoms with Gasteiger partial charge in [0.2, 0.25) is 0 Å². The third kappa shape index (κ3) is 14.4. The molecule has 0 fully saturated rings. The lowest BCUT2D eigenvalue weighted by Gasteiger charge is -2.36. The van der Waals surface area contributed by atoms with Crippen LogP contribution in [0, 0.1) is 5.92 Å². The first-order valence-corrected chi connectivity index (χ1v) is 12.9. The second-order valence-corrected chi connectivity index (χ2v) is 13.4. The molecular weight excluding hydrogens is 424 g/mol. The highest BCUT2D eigenvalue weighted by atomic mass is 28.4. The molecule has 0 bridgehead atoms. The summed E-state index contributed by atoms with van der Waals surface area (Å²) in [6, 6.07) is 0. The van der Waals surface area contributed by atoms with Gasteiger partial charge in [-0.3, -0.25) is 19.2 Å². The molecule has 180 valence electrons. The van der Waals surface area contributed by atoms with Crippen molar-refractivity contribution in [2.24, 2.45) is 5.92 Å². The van der Waals surface area contributed by atoms with Crippen molar-refractivity contribution in [1.82, 2.24) is 0 Å². The number of carbonyl (C=O) groups excluding carboxylic acids is 2. The van der Waals surface area contributed by atoms with Crippen molar-refractivity contribution in [3.8, 4) is 0 Å². The van der Waals surface area contributed by atoms with Crippen LogP contribution in [0.4, 0.5) is 0 Å². The van der Waals surface area contributed by atoms with Gasteiger partial charge >= 0.3 is 23.9 Å². The average Bonchev–Trinajstić information content (AvgIpc) is 2.63. The smallest absolute Gasteiger partial charge is 0.320 e. The van der Waals surface area contributed by atoms with E-state index in [1.807, 2.05) is 6.92 Å². The summed E-state index contributed by atoms with van der Waals surface area (Å²) in [6.45, 7) is 13.8. The van der Waals surface area contributed by atoms with Crippen LogP contribution in [0.15, 0.2) is 11.6 Å². The second-order valence-electron chi connectivity index (χ2n) is 8.55. The van der Waals surface area contributed by atoms with E-state index in [0.717, 1.165) is 12.0 Å². The quantitative estimate of drug-likeness (QED) is 0.155. The number of carboxylic acid groups (broad SMARTS) is 2. The zero-order chi connectivity index (χ0) is 24.8. The average molecular weight is 463 g/mol. The van der Waals surface area contributed by atoms with Crippen molar-refractivity contribution >= 4 is 32.2 Å². The van der Waals surface area contributed by atoms with Gasteiger partial charge in [-0.25, -0.2) is 0 Å². The molecule has 0 heterocycles. The van der Waals surface area contributed by atoms with Gasteiger partial charge in [0.1, 0.15) is 6.42 Å². The van der Waals surface area contributed by atoms with Gasteiger partial charge in [-0.15, -0.1) is 0 Å². The maximum atomic E-state index is 11.6. The lowest BCUT2D eigenvalue weighted by molar-refractivity contribution is -0.159. The highest BCUT2D eigenvalue weighted by Gasteiger charge is 2.36. The number of allylic oxidation sites excluding steroid dienone is 1. The number of methoxy groups -OCH3 is 2. The largest absolute Gasteiger partial charge is 0.481 e. The Morgan fingerprint density at radius 3 is 1.74 bits per heavy atom. The summed E-state index contributed by atoms with van der Waals surface area (Å²) >= 11 is 0. The molecule has 9 nitrogen and oxygen atoms in total. The molecule has 0 atom stereocenters. The number of rotatable bonds is 11. The summed E-state index contributed by atoms with van der Waals surface area (Å²) < 4.78 is 15.4. The van der Waals surface area contributed by atoms with E-state index in [-0.39, 0.29) is 5.04 Å². The zero-order valence-electron chi connectivity index (χ0n) is 19.9. The third-order valence-electron chi connectivity index (χ3n) is 4.98. The van der Waals surface area contributed by atoms with Crippen LogP contribution in [0.25, 0.3) is 0 Å². The number of carbonyl (C=O) groups is 4. The van der Waals surface area contributed by atoms with E-state index in [9.17, 15) is 19.2 Å². The molecule has 0 rings (SSSR count). The minimum atomic E-state index is -1.70. The van der Waals surface area contributed by atoms with Crippen LogP contribution in [0.1, 0.15) is 53.4 Å². The topological polar surface area (TPSA) is 136 Å². The van der Waals surface area contributed by atoms with Crippen LogP contribution in [0.3, 0.4) is 0 Å². The van der Waals surface area contributed by atoms with Crippen molar-refractivity contribution in [3.63, 3.8) is 0 Å². The SMILES string of the molecule is COC(=O)C(CCC(C)=CCCO[Si](C)(C)C(C)(C)C)C(=O)OC.O=C(O)CC(=O)O. The maximum absolute atomic E-state index is 11.6. The number of hydrogen-bond donors (Lipinski definition) is 2. The minimum Gasteiger partial charge on any atom is -0.481 e. The Labute approximate surface area is 185 Å². The Hall–Kier alpha value is -2.20. The third-order valence-corrected chi connectivity index (χ3v) is 9.52. The molecular formula is C21H38O9Si. The zero-order valence-corrected chi connectivity index (χ0v) is 20.9. The van der Waals surface area contributed by atoms with Crippen molar-refractivity contribution in [2.45, 2.75) is 71.5 Å². The Morgan fingerprint density at radius 1 is 0.968 bits per heavy atom. The Balaban J connectivity index is 0. The molecule has 0 aliphatic carbocycles. The summed E-state index contributed by atoms with van der Waals surface area (Å²) in [4.78, 5) is 42.1. The second kappa shape index (κ2) is 14.7. The van der Waals surface area contributed by atoms with Crippen LogP contribution in [0.2, 0.25) is 18.1 Å². The molecule has 0 amide bonds. The van der Waals surface area contributed by atoms with E-state index in [0.29, 0.717) is 19.4 Å². The van der Waals surface area contributed by atoms with Gasteiger partial charge in [0, 0.05) is 6.61 Å². The van der Waals surface area contributed by atoms with E-state index in [1.54, 1.807) is 0 Å². The monoisotopic (exact) mass is 462 g/mol.